The molecule has 0 saturated carbocycles. The number of carbonyl (C=O) groups excluding carboxylic acids is 4. The molecule has 0 spiro atoms. The number of anilines is 1. The Hall–Kier alpha value is -5.02. The minimum atomic E-state index is -0.651. The molecule has 1 saturated heterocycles. The smallest absolute Gasteiger partial charge is 0.338 e. The monoisotopic (exact) mass is 563 g/mol. The number of ether oxygens (including phenoxy) is 1. The lowest BCUT2D eigenvalue weighted by Crippen LogP contribution is -2.28. The molecule has 1 atom stereocenters. The fraction of sp³-hybridized carbons (Fsp3) is 0.0938. The van der Waals surface area contributed by atoms with Gasteiger partial charge in [0, 0.05) is 17.7 Å². The van der Waals surface area contributed by atoms with Gasteiger partial charge in [-0.3, -0.25) is 14.4 Å². The van der Waals surface area contributed by atoms with E-state index in [9.17, 15) is 19.2 Å². The Kier molecular flexibility index (Phi) is 8.66. The number of para-hydroxylation sites is 1. The molecule has 9 heteroatoms. The van der Waals surface area contributed by atoms with Gasteiger partial charge in [0.05, 0.1) is 11.3 Å². The third-order valence-electron chi connectivity index (χ3n) is 6.19. The van der Waals surface area contributed by atoms with E-state index >= 15 is 0 Å². The summed E-state index contributed by atoms with van der Waals surface area (Å²) in [5.74, 6) is -1.59. The van der Waals surface area contributed by atoms with Crippen LogP contribution in [0.1, 0.15) is 27.1 Å². The van der Waals surface area contributed by atoms with Crippen molar-refractivity contribution in [3.63, 3.8) is 0 Å². The molecule has 1 aliphatic rings. The van der Waals surface area contributed by atoms with E-state index in [1.54, 1.807) is 24.3 Å². The number of nitrogens with one attached hydrogen (secondary N) is 2. The van der Waals surface area contributed by atoms with Crippen LogP contribution in [0.3, 0.4) is 0 Å². The molecule has 2 N–H and O–H groups in total. The molecule has 1 aliphatic heterocycles. The predicted molar refractivity (Wildman–Crippen MR) is 159 cm³/mol. The number of amidine groups is 1. The molecular weight excluding hydrogens is 538 g/mol. The molecule has 0 aliphatic carbocycles. The van der Waals surface area contributed by atoms with E-state index < -0.39 is 17.8 Å². The molecule has 0 radical (unpaired) electrons. The highest BCUT2D eigenvalue weighted by atomic mass is 32.2. The molecule has 1 fully saturated rings. The van der Waals surface area contributed by atoms with Crippen LogP contribution >= 0.6 is 11.8 Å². The molecule has 1 heterocycles. The summed E-state index contributed by atoms with van der Waals surface area (Å²) in [4.78, 5) is 54.2. The van der Waals surface area contributed by atoms with Crippen LogP contribution in [0.15, 0.2) is 114 Å². The van der Waals surface area contributed by atoms with Crippen molar-refractivity contribution in [1.29, 1.82) is 0 Å². The third kappa shape index (κ3) is 7.34. The highest BCUT2D eigenvalue weighted by Gasteiger charge is 2.32. The maximum Gasteiger partial charge on any atom is 0.338 e. The van der Waals surface area contributed by atoms with Gasteiger partial charge in [0.25, 0.3) is 0 Å². The van der Waals surface area contributed by atoms with Crippen LogP contribution in [0.25, 0.3) is 11.1 Å². The molecule has 8 nitrogen and oxygen atoms in total. The lowest BCUT2D eigenvalue weighted by molar-refractivity contribution is -0.122. The Bertz CT molecular complexity index is 1590. The first kappa shape index (κ1) is 27.5. The van der Waals surface area contributed by atoms with Gasteiger partial charge in [-0.15, -0.1) is 0 Å². The van der Waals surface area contributed by atoms with Crippen molar-refractivity contribution in [2.45, 2.75) is 11.7 Å². The SMILES string of the molecule is O=C(CC1SC(=Nc2ccccc2)NC1=O)Nc1ccc(C(=O)OCC(=O)c2ccc(-c3ccccc3)cc2)cc1. The molecule has 41 heavy (non-hydrogen) atoms. The first-order chi connectivity index (χ1) is 19.9. The van der Waals surface area contributed by atoms with Crippen molar-refractivity contribution in [2.75, 3.05) is 11.9 Å². The van der Waals surface area contributed by atoms with E-state index in [4.69, 9.17) is 4.74 Å². The fourth-order valence-corrected chi connectivity index (χ4v) is 5.05. The molecule has 4 aromatic carbocycles. The van der Waals surface area contributed by atoms with Gasteiger partial charge in [-0.05, 0) is 47.5 Å². The molecule has 4 aromatic rings. The quantitative estimate of drug-likeness (QED) is 0.201. The largest absolute Gasteiger partial charge is 0.454 e. The molecule has 2 amide bonds. The van der Waals surface area contributed by atoms with Gasteiger partial charge in [0.1, 0.15) is 5.25 Å². The maximum absolute atomic E-state index is 12.5. The second-order valence-electron chi connectivity index (χ2n) is 9.12. The second-order valence-corrected chi connectivity index (χ2v) is 10.3. The number of rotatable bonds is 9. The number of benzene rings is 4. The Morgan fingerprint density at radius 3 is 2.07 bits per heavy atom. The van der Waals surface area contributed by atoms with Crippen molar-refractivity contribution in [1.82, 2.24) is 5.32 Å². The van der Waals surface area contributed by atoms with Crippen LogP contribution in [-0.4, -0.2) is 40.6 Å². The first-order valence-electron chi connectivity index (χ1n) is 12.8. The van der Waals surface area contributed by atoms with Crippen LogP contribution in [0.2, 0.25) is 0 Å². The van der Waals surface area contributed by atoms with Crippen molar-refractivity contribution >= 4 is 51.9 Å². The number of ketones is 1. The number of carbonyl (C=O) groups is 4. The average molecular weight is 564 g/mol. The minimum absolute atomic E-state index is 0.0391. The Morgan fingerprint density at radius 1 is 0.780 bits per heavy atom. The number of hydrogen-bond acceptors (Lipinski definition) is 7. The lowest BCUT2D eigenvalue weighted by Gasteiger charge is -2.09. The average Bonchev–Trinajstić information content (AvgIpc) is 3.34. The highest BCUT2D eigenvalue weighted by Crippen LogP contribution is 2.25. The highest BCUT2D eigenvalue weighted by molar-refractivity contribution is 8.15. The van der Waals surface area contributed by atoms with E-state index in [1.807, 2.05) is 72.8 Å². The van der Waals surface area contributed by atoms with E-state index in [0.717, 1.165) is 11.1 Å². The zero-order chi connectivity index (χ0) is 28.6. The van der Waals surface area contributed by atoms with Crippen molar-refractivity contribution < 1.29 is 23.9 Å². The molecule has 204 valence electrons. The van der Waals surface area contributed by atoms with Crippen LogP contribution in [0, 0.1) is 0 Å². The minimum Gasteiger partial charge on any atom is -0.454 e. The number of aliphatic imine (C=N–C) groups is 1. The third-order valence-corrected chi connectivity index (χ3v) is 7.27. The number of Topliss-reactive ketones (excluding diaryl/α,β-unsaturated/α-hetero) is 1. The van der Waals surface area contributed by atoms with Crippen molar-refractivity contribution in [3.05, 3.63) is 120 Å². The molecule has 0 aromatic heterocycles. The van der Waals surface area contributed by atoms with Gasteiger partial charge in [0.2, 0.25) is 11.8 Å². The van der Waals surface area contributed by atoms with Crippen molar-refractivity contribution in [2.24, 2.45) is 4.99 Å². The molecule has 5 rings (SSSR count). The summed E-state index contributed by atoms with van der Waals surface area (Å²) in [7, 11) is 0. The molecule has 1 unspecified atom stereocenters. The summed E-state index contributed by atoms with van der Waals surface area (Å²) in [6, 6.07) is 32.3. The van der Waals surface area contributed by atoms with E-state index in [-0.39, 0.29) is 29.6 Å². The maximum atomic E-state index is 12.5. The van der Waals surface area contributed by atoms with Crippen LogP contribution in [-0.2, 0) is 14.3 Å². The number of thioether (sulfide) groups is 1. The first-order valence-corrected chi connectivity index (χ1v) is 13.7. The number of nitrogens with zero attached hydrogens (tertiary/aromatic N) is 1. The standard InChI is InChI=1S/C32H25N3O5S/c36-27(23-13-11-22(12-14-23)21-7-3-1-4-8-21)20-40-31(39)24-15-17-26(18-16-24)33-29(37)19-28-30(38)35-32(41-28)34-25-9-5-2-6-10-25/h1-18,28H,19-20H2,(H,33,37)(H,34,35,38). The van der Waals surface area contributed by atoms with Crippen LogP contribution in [0.5, 0.6) is 0 Å². The number of amides is 2. The Balaban J connectivity index is 1.09. The summed E-state index contributed by atoms with van der Waals surface area (Å²) in [5, 5.41) is 5.28. The second kappa shape index (κ2) is 12.9. The number of hydrogen-bond donors (Lipinski definition) is 2. The Morgan fingerprint density at radius 2 is 1.39 bits per heavy atom. The topological polar surface area (TPSA) is 114 Å². The van der Waals surface area contributed by atoms with E-state index in [2.05, 4.69) is 15.6 Å². The zero-order valence-electron chi connectivity index (χ0n) is 21.8. The van der Waals surface area contributed by atoms with Gasteiger partial charge >= 0.3 is 5.97 Å². The summed E-state index contributed by atoms with van der Waals surface area (Å²) in [5.41, 5.74) is 3.88. The summed E-state index contributed by atoms with van der Waals surface area (Å²) in [6.45, 7) is -0.390. The van der Waals surface area contributed by atoms with Gasteiger partial charge in [0.15, 0.2) is 17.6 Å². The summed E-state index contributed by atoms with van der Waals surface area (Å²) < 4.78 is 5.20. The number of esters is 1. The van der Waals surface area contributed by atoms with Gasteiger partial charge in [-0.1, -0.05) is 84.6 Å². The van der Waals surface area contributed by atoms with Gasteiger partial charge in [-0.2, -0.15) is 0 Å². The fourth-order valence-electron chi connectivity index (χ4n) is 4.06. The summed E-state index contributed by atoms with van der Waals surface area (Å²) in [6.07, 6.45) is -0.0391. The molecule has 0 bridgehead atoms. The lowest BCUT2D eigenvalue weighted by atomic mass is 10.0. The van der Waals surface area contributed by atoms with Crippen molar-refractivity contribution in [3.8, 4) is 11.1 Å². The summed E-state index contributed by atoms with van der Waals surface area (Å²) >= 11 is 1.20. The zero-order valence-corrected chi connectivity index (χ0v) is 22.6. The van der Waals surface area contributed by atoms with Gasteiger partial charge < -0.3 is 15.4 Å². The van der Waals surface area contributed by atoms with E-state index in [0.29, 0.717) is 22.1 Å². The normalized spacial score (nSPS) is 15.3. The van der Waals surface area contributed by atoms with Crippen LogP contribution in [0.4, 0.5) is 11.4 Å². The predicted octanol–water partition coefficient (Wildman–Crippen LogP) is 5.64. The molecular formula is C32H25N3O5S. The van der Waals surface area contributed by atoms with E-state index in [1.165, 1.54) is 23.9 Å². The Labute approximate surface area is 240 Å². The van der Waals surface area contributed by atoms with Crippen LogP contribution < -0.4 is 10.6 Å². The van der Waals surface area contributed by atoms with Gasteiger partial charge in [-0.25, -0.2) is 9.79 Å².